The number of nitrogens with one attached hydrogen (secondary N) is 1. The van der Waals surface area contributed by atoms with Gasteiger partial charge in [0.25, 0.3) is 0 Å². The fourth-order valence-electron chi connectivity index (χ4n) is 3.48. The number of quaternary nitrogens is 1. The van der Waals surface area contributed by atoms with E-state index in [4.69, 9.17) is 4.74 Å². The normalized spacial score (nSPS) is 15.5. The van der Waals surface area contributed by atoms with E-state index in [1.54, 1.807) is 4.90 Å². The van der Waals surface area contributed by atoms with Crippen molar-refractivity contribution >= 4 is 0 Å². The van der Waals surface area contributed by atoms with E-state index in [1.165, 1.54) is 110 Å². The maximum absolute atomic E-state index is 5.40. The summed E-state index contributed by atoms with van der Waals surface area (Å²) in [6, 6.07) is 0. The van der Waals surface area contributed by atoms with E-state index in [-0.39, 0.29) is 17.0 Å². The Morgan fingerprint density at radius 2 is 1.00 bits per heavy atom. The van der Waals surface area contributed by atoms with Crippen molar-refractivity contribution in [3.8, 4) is 0 Å². The number of halogens is 1. The molecule has 2 nitrogen and oxygen atoms in total. The molecule has 0 unspecified atom stereocenters. The number of ether oxygens (including phenoxy) is 1. The Hall–Kier alpha value is 0.400. The predicted molar refractivity (Wildman–Crippen MR) is 96.7 cm³/mol. The highest BCUT2D eigenvalue weighted by molar-refractivity contribution is 4.49. The van der Waals surface area contributed by atoms with Crippen molar-refractivity contribution in [2.45, 2.75) is 96.8 Å². The number of rotatable bonds is 15. The van der Waals surface area contributed by atoms with Crippen LogP contribution in [-0.2, 0) is 4.74 Å². The Bertz CT molecular complexity index is 220. The summed E-state index contributed by atoms with van der Waals surface area (Å²) >= 11 is 0. The van der Waals surface area contributed by atoms with E-state index in [9.17, 15) is 0 Å². The summed E-state index contributed by atoms with van der Waals surface area (Å²) in [4.78, 5) is 1.77. The molecule has 140 valence electrons. The Morgan fingerprint density at radius 3 is 1.43 bits per heavy atom. The van der Waals surface area contributed by atoms with Gasteiger partial charge in [-0.05, 0) is 12.8 Å². The fraction of sp³-hybridized carbons (Fsp3) is 1.00. The summed E-state index contributed by atoms with van der Waals surface area (Å²) in [5, 5.41) is 0. The molecular formula is C20H42BrNO. The second-order valence-electron chi connectivity index (χ2n) is 7.21. The monoisotopic (exact) mass is 391 g/mol. The van der Waals surface area contributed by atoms with Gasteiger partial charge in [0.15, 0.2) is 0 Å². The molecule has 0 atom stereocenters. The van der Waals surface area contributed by atoms with Gasteiger partial charge in [-0.2, -0.15) is 0 Å². The van der Waals surface area contributed by atoms with E-state index in [2.05, 4.69) is 6.92 Å². The molecule has 0 aliphatic carbocycles. The molecule has 0 aromatic rings. The summed E-state index contributed by atoms with van der Waals surface area (Å²) < 4.78 is 5.40. The Kier molecular flexibility index (Phi) is 19.1. The molecule has 0 radical (unpaired) electrons. The lowest BCUT2D eigenvalue weighted by Gasteiger charge is -2.23. The molecule has 1 heterocycles. The van der Waals surface area contributed by atoms with Crippen molar-refractivity contribution in [2.75, 3.05) is 32.8 Å². The highest BCUT2D eigenvalue weighted by Crippen LogP contribution is 2.12. The first-order valence-corrected chi connectivity index (χ1v) is 10.3. The third kappa shape index (κ3) is 15.7. The zero-order valence-electron chi connectivity index (χ0n) is 15.7. The van der Waals surface area contributed by atoms with Gasteiger partial charge in [-0.25, -0.2) is 0 Å². The van der Waals surface area contributed by atoms with E-state index in [0.717, 1.165) is 13.2 Å². The SMILES string of the molecule is CCCCCCCCCCCCCCCC[NH+]1CCOCC1.[Br-]. The Balaban J connectivity index is 0.00000484. The van der Waals surface area contributed by atoms with Gasteiger partial charge in [-0.3, -0.25) is 0 Å². The van der Waals surface area contributed by atoms with Crippen molar-refractivity contribution in [1.29, 1.82) is 0 Å². The van der Waals surface area contributed by atoms with Gasteiger partial charge < -0.3 is 26.6 Å². The molecule has 1 rings (SSSR count). The lowest BCUT2D eigenvalue weighted by atomic mass is 10.0. The van der Waals surface area contributed by atoms with Crippen LogP contribution in [0.25, 0.3) is 0 Å². The fourth-order valence-corrected chi connectivity index (χ4v) is 3.48. The third-order valence-corrected chi connectivity index (χ3v) is 5.08. The average Bonchev–Trinajstić information content (AvgIpc) is 2.56. The standard InChI is InChI=1S/C20H41NO.BrH/c1-2-3-4-5-6-7-8-9-10-11-12-13-14-15-16-21-17-19-22-20-18-21;/h2-20H2,1H3;1H. The van der Waals surface area contributed by atoms with Crippen LogP contribution in [0.1, 0.15) is 96.8 Å². The molecule has 0 aromatic heterocycles. The second-order valence-corrected chi connectivity index (χ2v) is 7.21. The number of hydrogen-bond donors (Lipinski definition) is 1. The number of morpholine rings is 1. The van der Waals surface area contributed by atoms with Crippen molar-refractivity contribution in [1.82, 2.24) is 0 Å². The van der Waals surface area contributed by atoms with Crippen LogP contribution in [0.4, 0.5) is 0 Å². The van der Waals surface area contributed by atoms with Crippen LogP contribution in [-0.4, -0.2) is 32.8 Å². The van der Waals surface area contributed by atoms with Gasteiger partial charge in [0, 0.05) is 0 Å². The van der Waals surface area contributed by atoms with Gasteiger partial charge in [0.05, 0.1) is 19.8 Å². The molecule has 0 spiro atoms. The van der Waals surface area contributed by atoms with Gasteiger partial charge in [-0.15, -0.1) is 0 Å². The first-order chi connectivity index (χ1) is 10.9. The molecule has 0 aromatic carbocycles. The molecule has 1 aliphatic heterocycles. The van der Waals surface area contributed by atoms with Crippen molar-refractivity contribution in [2.24, 2.45) is 0 Å². The number of hydrogen-bond acceptors (Lipinski definition) is 1. The summed E-state index contributed by atoms with van der Waals surface area (Å²) in [6.45, 7) is 8.10. The van der Waals surface area contributed by atoms with Gasteiger partial charge in [-0.1, -0.05) is 84.0 Å². The summed E-state index contributed by atoms with van der Waals surface area (Å²) in [5.74, 6) is 0. The van der Waals surface area contributed by atoms with Crippen LogP contribution in [0, 0.1) is 0 Å². The van der Waals surface area contributed by atoms with E-state index >= 15 is 0 Å². The number of unbranched alkanes of at least 4 members (excludes halogenated alkanes) is 13. The van der Waals surface area contributed by atoms with E-state index in [1.807, 2.05) is 0 Å². The molecular weight excluding hydrogens is 350 g/mol. The van der Waals surface area contributed by atoms with Crippen LogP contribution in [0.2, 0.25) is 0 Å². The average molecular weight is 392 g/mol. The lowest BCUT2D eigenvalue weighted by molar-refractivity contribution is -0.908. The van der Waals surface area contributed by atoms with Crippen LogP contribution >= 0.6 is 0 Å². The van der Waals surface area contributed by atoms with Crippen LogP contribution < -0.4 is 21.9 Å². The minimum Gasteiger partial charge on any atom is -1.00 e. The third-order valence-electron chi connectivity index (χ3n) is 5.08. The van der Waals surface area contributed by atoms with Crippen LogP contribution in [0.15, 0.2) is 0 Å². The summed E-state index contributed by atoms with van der Waals surface area (Å²) in [5.41, 5.74) is 0. The minimum absolute atomic E-state index is 0. The van der Waals surface area contributed by atoms with Crippen LogP contribution in [0.3, 0.4) is 0 Å². The zero-order valence-corrected chi connectivity index (χ0v) is 17.3. The largest absolute Gasteiger partial charge is 1.00 e. The smallest absolute Gasteiger partial charge is 0.101 e. The maximum Gasteiger partial charge on any atom is 0.101 e. The predicted octanol–water partition coefficient (Wildman–Crippen LogP) is 1.39. The Morgan fingerprint density at radius 1 is 0.609 bits per heavy atom. The molecule has 0 amide bonds. The van der Waals surface area contributed by atoms with E-state index in [0.29, 0.717) is 0 Å². The minimum atomic E-state index is 0. The van der Waals surface area contributed by atoms with Crippen molar-refractivity contribution < 1.29 is 26.6 Å². The summed E-state index contributed by atoms with van der Waals surface area (Å²) in [7, 11) is 0. The Labute approximate surface area is 156 Å². The molecule has 1 aliphatic rings. The van der Waals surface area contributed by atoms with Gasteiger partial charge >= 0.3 is 0 Å². The quantitative estimate of drug-likeness (QED) is 0.416. The second kappa shape index (κ2) is 18.7. The van der Waals surface area contributed by atoms with E-state index < -0.39 is 0 Å². The highest BCUT2D eigenvalue weighted by atomic mass is 79.9. The van der Waals surface area contributed by atoms with Gasteiger partial charge in [0.1, 0.15) is 13.1 Å². The first-order valence-electron chi connectivity index (χ1n) is 10.3. The first kappa shape index (κ1) is 23.4. The zero-order chi connectivity index (χ0) is 15.7. The molecule has 23 heavy (non-hydrogen) atoms. The van der Waals surface area contributed by atoms with Crippen LogP contribution in [0.5, 0.6) is 0 Å². The molecule has 0 saturated carbocycles. The van der Waals surface area contributed by atoms with Crippen molar-refractivity contribution in [3.63, 3.8) is 0 Å². The molecule has 1 saturated heterocycles. The topological polar surface area (TPSA) is 13.7 Å². The molecule has 1 fully saturated rings. The lowest BCUT2D eigenvalue weighted by Crippen LogP contribution is -3.14. The molecule has 1 N–H and O–H groups in total. The highest BCUT2D eigenvalue weighted by Gasteiger charge is 2.12. The molecule has 0 bridgehead atoms. The maximum atomic E-state index is 5.40. The van der Waals surface area contributed by atoms with Gasteiger partial charge in [0.2, 0.25) is 0 Å². The van der Waals surface area contributed by atoms with Crippen molar-refractivity contribution in [3.05, 3.63) is 0 Å². The molecule has 3 heteroatoms. The summed E-state index contributed by atoms with van der Waals surface area (Å²) in [6.07, 6.45) is 20.4.